The van der Waals surface area contributed by atoms with Gasteiger partial charge in [0.05, 0.1) is 5.71 Å². The first kappa shape index (κ1) is 15.1. The van der Waals surface area contributed by atoms with Crippen LogP contribution in [0.5, 0.6) is 0 Å². The number of nitrogens with two attached hydrogens (primary N) is 1. The number of hydrazone groups is 1. The zero-order chi connectivity index (χ0) is 14.3. The highest BCUT2D eigenvalue weighted by molar-refractivity contribution is 7.80. The van der Waals surface area contributed by atoms with Gasteiger partial charge in [-0.15, -0.1) is 0 Å². The van der Waals surface area contributed by atoms with Crippen molar-refractivity contribution in [3.8, 4) is 0 Å². The molecule has 0 heterocycles. The van der Waals surface area contributed by atoms with E-state index in [1.54, 1.807) is 19.0 Å². The summed E-state index contributed by atoms with van der Waals surface area (Å²) in [5.74, 6) is 0.0546. The van der Waals surface area contributed by atoms with Crippen molar-refractivity contribution in [2.75, 3.05) is 14.1 Å². The quantitative estimate of drug-likeness (QED) is 0.480. The molecule has 0 bridgehead atoms. The van der Waals surface area contributed by atoms with E-state index in [0.717, 1.165) is 11.3 Å². The van der Waals surface area contributed by atoms with Crippen LogP contribution in [0.4, 0.5) is 0 Å². The number of benzene rings is 1. The lowest BCUT2D eigenvalue weighted by Gasteiger charge is -2.11. The lowest BCUT2D eigenvalue weighted by molar-refractivity contribution is -0.128. The predicted octanol–water partition coefficient (Wildman–Crippen LogP) is 1.09. The number of thiocarbonyl (C=S) groups is 1. The first-order valence-electron chi connectivity index (χ1n) is 5.88. The number of hydrogen-bond acceptors (Lipinski definition) is 3. The van der Waals surface area contributed by atoms with Crippen molar-refractivity contribution in [1.82, 2.24) is 10.3 Å². The van der Waals surface area contributed by atoms with E-state index in [4.69, 9.17) is 18.0 Å². The van der Waals surface area contributed by atoms with Crippen LogP contribution in [-0.4, -0.2) is 35.7 Å². The van der Waals surface area contributed by atoms with Gasteiger partial charge >= 0.3 is 0 Å². The minimum atomic E-state index is 0.0546. The van der Waals surface area contributed by atoms with Crippen LogP contribution in [0.15, 0.2) is 35.4 Å². The molecule has 1 rings (SSSR count). The maximum atomic E-state index is 11.6. The van der Waals surface area contributed by atoms with Crippen LogP contribution in [-0.2, 0) is 4.79 Å². The maximum Gasteiger partial charge on any atom is 0.222 e. The number of nitrogens with zero attached hydrogens (tertiary/aromatic N) is 2. The van der Waals surface area contributed by atoms with Crippen molar-refractivity contribution in [1.29, 1.82) is 0 Å². The van der Waals surface area contributed by atoms with Gasteiger partial charge in [-0.2, -0.15) is 5.10 Å². The summed E-state index contributed by atoms with van der Waals surface area (Å²) in [4.78, 5) is 13.2. The van der Waals surface area contributed by atoms with E-state index in [1.807, 2.05) is 30.3 Å². The maximum absolute atomic E-state index is 11.6. The van der Waals surface area contributed by atoms with E-state index < -0.39 is 0 Å². The van der Waals surface area contributed by atoms with Gasteiger partial charge in [0.15, 0.2) is 5.11 Å². The standard InChI is InChI=1S/C13H18N4OS/c1-17(2)12(18)9-8-11(15-16-13(14)19)10-6-4-3-5-7-10/h3-7H,8-9H2,1-2H3,(H3,14,16,19)/b15-11-. The lowest BCUT2D eigenvalue weighted by Crippen LogP contribution is -2.26. The molecule has 0 unspecified atom stereocenters. The topological polar surface area (TPSA) is 70.7 Å². The molecule has 0 atom stereocenters. The molecule has 1 amide bonds. The molecule has 5 nitrogen and oxygen atoms in total. The van der Waals surface area contributed by atoms with Gasteiger partial charge in [-0.05, 0) is 17.8 Å². The third-order valence-corrected chi connectivity index (χ3v) is 2.57. The Labute approximate surface area is 118 Å². The Morgan fingerprint density at radius 2 is 1.95 bits per heavy atom. The minimum absolute atomic E-state index is 0.0546. The van der Waals surface area contributed by atoms with Crippen LogP contribution in [0.1, 0.15) is 18.4 Å². The zero-order valence-corrected chi connectivity index (χ0v) is 11.9. The molecule has 0 fully saturated rings. The molecule has 102 valence electrons. The van der Waals surface area contributed by atoms with Crippen molar-refractivity contribution < 1.29 is 4.79 Å². The average molecular weight is 278 g/mol. The van der Waals surface area contributed by atoms with Gasteiger partial charge < -0.3 is 10.6 Å². The fourth-order valence-corrected chi connectivity index (χ4v) is 1.51. The first-order chi connectivity index (χ1) is 9.00. The second-order valence-electron chi connectivity index (χ2n) is 4.19. The molecule has 1 aromatic carbocycles. The Balaban J connectivity index is 2.79. The number of nitrogens with one attached hydrogen (secondary N) is 1. The Bertz CT molecular complexity index is 471. The molecule has 0 aliphatic heterocycles. The number of hydrogen-bond donors (Lipinski definition) is 2. The summed E-state index contributed by atoms with van der Waals surface area (Å²) >= 11 is 4.73. The summed E-state index contributed by atoms with van der Waals surface area (Å²) in [6, 6.07) is 9.62. The second-order valence-corrected chi connectivity index (χ2v) is 4.63. The highest BCUT2D eigenvalue weighted by atomic mass is 32.1. The molecule has 0 aliphatic rings. The molecule has 0 aliphatic carbocycles. The smallest absolute Gasteiger partial charge is 0.222 e. The number of carbonyl (C=O) groups is 1. The third-order valence-electron chi connectivity index (χ3n) is 2.48. The van der Waals surface area contributed by atoms with Gasteiger partial charge in [-0.3, -0.25) is 10.2 Å². The lowest BCUT2D eigenvalue weighted by atomic mass is 10.1. The summed E-state index contributed by atoms with van der Waals surface area (Å²) in [6.07, 6.45) is 0.913. The van der Waals surface area contributed by atoms with Gasteiger partial charge in [0, 0.05) is 26.9 Å². The van der Waals surface area contributed by atoms with E-state index in [-0.39, 0.29) is 11.0 Å². The van der Waals surface area contributed by atoms with Gasteiger partial charge in [-0.1, -0.05) is 30.3 Å². The molecular formula is C13H18N4OS. The van der Waals surface area contributed by atoms with Crippen molar-refractivity contribution in [3.63, 3.8) is 0 Å². The molecule has 0 spiro atoms. The summed E-state index contributed by atoms with van der Waals surface area (Å²) in [5, 5.41) is 4.26. The summed E-state index contributed by atoms with van der Waals surface area (Å²) in [6.45, 7) is 0. The highest BCUT2D eigenvalue weighted by Gasteiger charge is 2.09. The van der Waals surface area contributed by atoms with Gasteiger partial charge in [0.2, 0.25) is 5.91 Å². The highest BCUT2D eigenvalue weighted by Crippen LogP contribution is 2.07. The van der Waals surface area contributed by atoms with Crippen LogP contribution in [0.3, 0.4) is 0 Å². The molecular weight excluding hydrogens is 260 g/mol. The molecule has 3 N–H and O–H groups in total. The first-order valence-corrected chi connectivity index (χ1v) is 6.29. The monoisotopic (exact) mass is 278 g/mol. The van der Waals surface area contributed by atoms with Crippen molar-refractivity contribution in [2.24, 2.45) is 10.8 Å². The van der Waals surface area contributed by atoms with Crippen molar-refractivity contribution in [2.45, 2.75) is 12.8 Å². The number of carbonyl (C=O) groups excluding carboxylic acids is 1. The fraction of sp³-hybridized carbons (Fsp3) is 0.308. The summed E-state index contributed by atoms with van der Waals surface area (Å²) in [5.41, 5.74) is 9.63. The number of amides is 1. The van der Waals surface area contributed by atoms with Gasteiger partial charge in [0.25, 0.3) is 0 Å². The van der Waals surface area contributed by atoms with E-state index in [0.29, 0.717) is 12.8 Å². The third kappa shape index (κ3) is 5.48. The van der Waals surface area contributed by atoms with Gasteiger partial charge in [-0.25, -0.2) is 0 Å². The van der Waals surface area contributed by atoms with Crippen molar-refractivity contribution in [3.05, 3.63) is 35.9 Å². The predicted molar refractivity (Wildman–Crippen MR) is 80.8 cm³/mol. The largest absolute Gasteiger partial charge is 0.375 e. The molecule has 1 aromatic rings. The van der Waals surface area contributed by atoms with Crippen LogP contribution in [0.25, 0.3) is 0 Å². The summed E-state index contributed by atoms with van der Waals surface area (Å²) < 4.78 is 0. The van der Waals surface area contributed by atoms with Crippen LogP contribution >= 0.6 is 12.2 Å². The summed E-state index contributed by atoms with van der Waals surface area (Å²) in [7, 11) is 3.46. The minimum Gasteiger partial charge on any atom is -0.375 e. The zero-order valence-electron chi connectivity index (χ0n) is 11.1. The molecule has 0 saturated heterocycles. The molecule has 19 heavy (non-hydrogen) atoms. The average Bonchev–Trinajstić information content (AvgIpc) is 2.39. The van der Waals surface area contributed by atoms with E-state index in [9.17, 15) is 4.79 Å². The van der Waals surface area contributed by atoms with Gasteiger partial charge in [0.1, 0.15) is 0 Å². The van der Waals surface area contributed by atoms with Crippen LogP contribution in [0, 0.1) is 0 Å². The molecule has 6 heteroatoms. The van der Waals surface area contributed by atoms with E-state index >= 15 is 0 Å². The fourth-order valence-electron chi connectivity index (χ4n) is 1.47. The van der Waals surface area contributed by atoms with E-state index in [1.165, 1.54) is 0 Å². The Morgan fingerprint density at radius 1 is 1.32 bits per heavy atom. The van der Waals surface area contributed by atoms with Crippen LogP contribution < -0.4 is 11.2 Å². The van der Waals surface area contributed by atoms with Crippen LogP contribution in [0.2, 0.25) is 0 Å². The number of rotatable bonds is 5. The molecule has 0 saturated carbocycles. The Morgan fingerprint density at radius 3 is 2.47 bits per heavy atom. The van der Waals surface area contributed by atoms with E-state index in [2.05, 4.69) is 10.5 Å². The Kier molecular flexibility index (Phi) is 5.95. The molecule has 0 aromatic heterocycles. The second kappa shape index (κ2) is 7.48. The SMILES string of the molecule is CN(C)C(=O)CC/C(=N/NC(N)=S)c1ccccc1. The van der Waals surface area contributed by atoms with Crippen molar-refractivity contribution >= 4 is 28.9 Å². The molecule has 0 radical (unpaired) electrons. The Hall–Kier alpha value is -1.95. The normalized spacial score (nSPS) is 10.9.